The molecule has 0 fully saturated rings. The number of rotatable bonds is 2. The van der Waals surface area contributed by atoms with E-state index in [0.29, 0.717) is 5.56 Å². The molecule has 1 aromatic carbocycles. The summed E-state index contributed by atoms with van der Waals surface area (Å²) in [7, 11) is 0. The highest BCUT2D eigenvalue weighted by Gasteiger charge is 2.25. The zero-order valence-electron chi connectivity index (χ0n) is 12.1. The lowest BCUT2D eigenvalue weighted by Crippen LogP contribution is -2.28. The molecule has 0 unspecified atom stereocenters. The van der Waals surface area contributed by atoms with Crippen LogP contribution in [0, 0.1) is 18.3 Å². The van der Waals surface area contributed by atoms with Gasteiger partial charge in [0.15, 0.2) is 5.69 Å². The number of aryl methyl sites for hydroxylation is 2. The van der Waals surface area contributed by atoms with Crippen molar-refractivity contribution in [3.8, 4) is 11.8 Å². The first-order valence-electron chi connectivity index (χ1n) is 7.08. The number of fused-ring (bicyclic) bond motifs is 1. The van der Waals surface area contributed by atoms with Crippen molar-refractivity contribution in [1.82, 2.24) is 10.3 Å². The standard InChI is InChI=1S/C17H15N3O2/c1-10-6-15(21)16(19-9-10)17(22)20-14-5-3-12-7-11(8-18)2-4-13(12)14/h2,4,6-7,9,14,21H,3,5H2,1H3,(H,20,22)/t14-/m1/s1. The third-order valence-corrected chi connectivity index (χ3v) is 3.87. The van der Waals surface area contributed by atoms with Crippen LogP contribution in [0.4, 0.5) is 0 Å². The van der Waals surface area contributed by atoms with Gasteiger partial charge in [-0.25, -0.2) is 4.98 Å². The van der Waals surface area contributed by atoms with Crippen LogP contribution in [0.25, 0.3) is 0 Å². The lowest BCUT2D eigenvalue weighted by atomic mass is 10.1. The number of nitrogens with zero attached hydrogens (tertiary/aromatic N) is 2. The van der Waals surface area contributed by atoms with E-state index in [9.17, 15) is 9.90 Å². The first-order valence-corrected chi connectivity index (χ1v) is 7.08. The van der Waals surface area contributed by atoms with Crippen molar-refractivity contribution in [2.45, 2.75) is 25.8 Å². The SMILES string of the molecule is Cc1cnc(C(=O)N[C@@H]2CCc3cc(C#N)ccc32)c(O)c1. The molecule has 0 saturated heterocycles. The maximum absolute atomic E-state index is 12.3. The first kappa shape index (κ1) is 14.1. The molecule has 3 rings (SSSR count). The second kappa shape index (κ2) is 5.49. The van der Waals surface area contributed by atoms with Crippen molar-refractivity contribution < 1.29 is 9.90 Å². The Morgan fingerprint density at radius 1 is 1.45 bits per heavy atom. The van der Waals surface area contributed by atoms with Crippen molar-refractivity contribution in [2.24, 2.45) is 0 Å². The zero-order valence-corrected chi connectivity index (χ0v) is 12.1. The van der Waals surface area contributed by atoms with Gasteiger partial charge in [-0.3, -0.25) is 4.79 Å². The Labute approximate surface area is 128 Å². The zero-order chi connectivity index (χ0) is 15.7. The summed E-state index contributed by atoms with van der Waals surface area (Å²) in [5.74, 6) is -0.504. The largest absolute Gasteiger partial charge is 0.505 e. The highest BCUT2D eigenvalue weighted by atomic mass is 16.3. The van der Waals surface area contributed by atoms with Crippen LogP contribution in [-0.2, 0) is 6.42 Å². The first-order chi connectivity index (χ1) is 10.6. The minimum absolute atomic E-state index is 0.0349. The third-order valence-electron chi connectivity index (χ3n) is 3.87. The molecule has 1 aliphatic carbocycles. The van der Waals surface area contributed by atoms with Gasteiger partial charge >= 0.3 is 0 Å². The number of carbonyl (C=O) groups excluding carboxylic acids is 1. The Morgan fingerprint density at radius 3 is 3.00 bits per heavy atom. The molecule has 1 atom stereocenters. The van der Waals surface area contributed by atoms with Gasteiger partial charge in [0.2, 0.25) is 0 Å². The average molecular weight is 293 g/mol. The summed E-state index contributed by atoms with van der Waals surface area (Å²) in [6.45, 7) is 1.80. The quantitative estimate of drug-likeness (QED) is 0.890. The number of hydrogen-bond donors (Lipinski definition) is 2. The van der Waals surface area contributed by atoms with E-state index in [2.05, 4.69) is 16.4 Å². The number of amides is 1. The molecule has 0 aliphatic heterocycles. The summed E-state index contributed by atoms with van der Waals surface area (Å²) in [6, 6.07) is 9.03. The molecule has 0 saturated carbocycles. The van der Waals surface area contributed by atoms with Gasteiger partial charge < -0.3 is 10.4 Å². The summed E-state index contributed by atoms with van der Waals surface area (Å²) in [4.78, 5) is 16.3. The maximum Gasteiger partial charge on any atom is 0.274 e. The second-order valence-electron chi connectivity index (χ2n) is 5.47. The van der Waals surface area contributed by atoms with Gasteiger partial charge in [0.25, 0.3) is 5.91 Å². The number of nitrogens with one attached hydrogen (secondary N) is 1. The van der Waals surface area contributed by atoms with Gasteiger partial charge in [0.1, 0.15) is 5.75 Å². The van der Waals surface area contributed by atoms with Crippen LogP contribution in [0.3, 0.4) is 0 Å². The van der Waals surface area contributed by atoms with Crippen molar-refractivity contribution in [3.63, 3.8) is 0 Å². The molecule has 0 spiro atoms. The second-order valence-corrected chi connectivity index (χ2v) is 5.47. The number of nitriles is 1. The van der Waals surface area contributed by atoms with E-state index in [0.717, 1.165) is 29.5 Å². The Bertz CT molecular complexity index is 793. The van der Waals surface area contributed by atoms with Gasteiger partial charge in [0.05, 0.1) is 17.7 Å². The summed E-state index contributed by atoms with van der Waals surface area (Å²) >= 11 is 0. The Kier molecular flexibility index (Phi) is 3.51. The van der Waals surface area contributed by atoms with Crippen molar-refractivity contribution >= 4 is 5.91 Å². The van der Waals surface area contributed by atoms with Crippen LogP contribution in [0.15, 0.2) is 30.5 Å². The summed E-state index contributed by atoms with van der Waals surface area (Å²) in [5, 5.41) is 21.7. The highest BCUT2D eigenvalue weighted by molar-refractivity contribution is 5.95. The number of aromatic nitrogens is 1. The molecule has 2 aromatic rings. The lowest BCUT2D eigenvalue weighted by molar-refractivity contribution is 0.0928. The molecule has 5 heteroatoms. The monoisotopic (exact) mass is 293 g/mol. The molecule has 22 heavy (non-hydrogen) atoms. The van der Waals surface area contributed by atoms with Crippen molar-refractivity contribution in [3.05, 3.63) is 58.4 Å². The highest BCUT2D eigenvalue weighted by Crippen LogP contribution is 2.32. The van der Waals surface area contributed by atoms with Gasteiger partial charge in [0, 0.05) is 6.20 Å². The van der Waals surface area contributed by atoms with Gasteiger partial charge in [-0.05, 0) is 54.7 Å². The molecule has 1 aliphatic rings. The molecule has 110 valence electrons. The van der Waals surface area contributed by atoms with E-state index >= 15 is 0 Å². The van der Waals surface area contributed by atoms with E-state index in [1.165, 1.54) is 6.07 Å². The molecular formula is C17H15N3O2. The van der Waals surface area contributed by atoms with E-state index in [1.807, 2.05) is 12.1 Å². The lowest BCUT2D eigenvalue weighted by Gasteiger charge is -2.14. The number of aromatic hydroxyl groups is 1. The normalized spacial score (nSPS) is 15.9. The summed E-state index contributed by atoms with van der Waals surface area (Å²) in [5.41, 5.74) is 3.57. The minimum atomic E-state index is -0.389. The van der Waals surface area contributed by atoms with Crippen molar-refractivity contribution in [2.75, 3.05) is 0 Å². The number of carbonyl (C=O) groups is 1. The fraction of sp³-hybridized carbons (Fsp3) is 0.235. The topological polar surface area (TPSA) is 86.0 Å². The molecule has 1 heterocycles. The van der Waals surface area contributed by atoms with Crippen LogP contribution in [0.2, 0.25) is 0 Å². The predicted molar refractivity (Wildman–Crippen MR) is 80.3 cm³/mol. The Hall–Kier alpha value is -2.87. The fourth-order valence-electron chi connectivity index (χ4n) is 2.79. The molecular weight excluding hydrogens is 278 g/mol. The van der Waals surface area contributed by atoms with E-state index in [4.69, 9.17) is 5.26 Å². The predicted octanol–water partition coefficient (Wildman–Crippen LogP) is 2.38. The maximum atomic E-state index is 12.3. The third kappa shape index (κ3) is 2.51. The molecule has 0 radical (unpaired) electrons. The molecule has 1 aromatic heterocycles. The van der Waals surface area contributed by atoms with Crippen molar-refractivity contribution in [1.29, 1.82) is 5.26 Å². The van der Waals surface area contributed by atoms with Gasteiger partial charge in [-0.15, -0.1) is 0 Å². The molecule has 0 bridgehead atoms. The molecule has 2 N–H and O–H groups in total. The molecule has 1 amide bonds. The van der Waals surface area contributed by atoms with Crippen LogP contribution in [0.1, 0.15) is 45.2 Å². The van der Waals surface area contributed by atoms with Crippen LogP contribution < -0.4 is 5.32 Å². The van der Waals surface area contributed by atoms with Gasteiger partial charge in [-0.2, -0.15) is 5.26 Å². The fourth-order valence-corrected chi connectivity index (χ4v) is 2.79. The average Bonchev–Trinajstić information content (AvgIpc) is 2.89. The summed E-state index contributed by atoms with van der Waals surface area (Å²) < 4.78 is 0. The van der Waals surface area contributed by atoms with Gasteiger partial charge in [-0.1, -0.05) is 6.07 Å². The Morgan fingerprint density at radius 2 is 2.27 bits per heavy atom. The van der Waals surface area contributed by atoms with E-state index < -0.39 is 0 Å². The van der Waals surface area contributed by atoms with Crippen LogP contribution in [-0.4, -0.2) is 16.0 Å². The van der Waals surface area contributed by atoms with Crippen LogP contribution >= 0.6 is 0 Å². The number of hydrogen-bond acceptors (Lipinski definition) is 4. The van der Waals surface area contributed by atoms with E-state index in [-0.39, 0.29) is 23.4 Å². The Balaban J connectivity index is 1.81. The summed E-state index contributed by atoms with van der Waals surface area (Å²) in [6.07, 6.45) is 3.15. The smallest absolute Gasteiger partial charge is 0.274 e. The number of pyridine rings is 1. The van der Waals surface area contributed by atoms with Crippen LogP contribution in [0.5, 0.6) is 5.75 Å². The van der Waals surface area contributed by atoms with E-state index in [1.54, 1.807) is 19.2 Å². The number of benzene rings is 1. The minimum Gasteiger partial charge on any atom is -0.505 e. The molecule has 5 nitrogen and oxygen atoms in total.